The Hall–Kier alpha value is -3.96. The van der Waals surface area contributed by atoms with Crippen molar-refractivity contribution in [3.8, 4) is 5.75 Å². The van der Waals surface area contributed by atoms with E-state index in [0.717, 1.165) is 37.2 Å². The molecule has 3 amide bonds. The van der Waals surface area contributed by atoms with Gasteiger partial charge in [0.15, 0.2) is 0 Å². The van der Waals surface area contributed by atoms with Crippen LogP contribution in [0.5, 0.6) is 5.75 Å². The van der Waals surface area contributed by atoms with Crippen LogP contribution in [0, 0.1) is 5.92 Å². The van der Waals surface area contributed by atoms with Gasteiger partial charge in [-0.25, -0.2) is 0 Å². The molecule has 238 valence electrons. The smallest absolute Gasteiger partial charge is 0.306 e. The Balaban J connectivity index is 1.31. The first kappa shape index (κ1) is 32.9. The first-order valence-electron chi connectivity index (χ1n) is 15.1. The molecule has 0 radical (unpaired) electrons. The summed E-state index contributed by atoms with van der Waals surface area (Å²) in [6.45, 7) is 9.18. The highest BCUT2D eigenvalue weighted by atomic mass is 16.6. The Bertz CT molecular complexity index is 1340. The molecule has 11 heteroatoms. The summed E-state index contributed by atoms with van der Waals surface area (Å²) in [6, 6.07) is 12.5. The standard InChI is InChI=1S/C33H44N4O7/c1-33(2,3)44-29(38)13-12-27(30(34)39)37-20-26-25(32(37)41)6-5-7-28(26)43-21-23-10-8-22(9-11-23)18-36-16-14-24(19-36)31(40)35-15-17-42-4/h5-11,24,27H,12-21H2,1-4H3,(H2,34,39)(H,35,40)/t24?,27-/m0/s1. The number of ether oxygens (including phenoxy) is 3. The SMILES string of the molecule is COCCNC(=O)C1CCN(Cc2ccc(COc3cccc4c3CN([C@@H](CCC(=O)OC(C)(C)C)C(N)=O)C4=O)cc2)C1. The Morgan fingerprint density at radius 3 is 2.50 bits per heavy atom. The number of carbonyl (C=O) groups is 4. The summed E-state index contributed by atoms with van der Waals surface area (Å²) in [5.41, 5.74) is 8.28. The van der Waals surface area contributed by atoms with E-state index in [9.17, 15) is 19.2 Å². The first-order chi connectivity index (χ1) is 20.9. The zero-order chi connectivity index (χ0) is 31.9. The minimum atomic E-state index is -0.946. The molecule has 11 nitrogen and oxygen atoms in total. The summed E-state index contributed by atoms with van der Waals surface area (Å²) in [5, 5.41) is 2.93. The lowest BCUT2D eigenvalue weighted by Crippen LogP contribution is -2.45. The molecule has 2 aliphatic rings. The molecule has 1 fully saturated rings. The minimum Gasteiger partial charge on any atom is -0.489 e. The van der Waals surface area contributed by atoms with Crippen LogP contribution < -0.4 is 15.8 Å². The van der Waals surface area contributed by atoms with Gasteiger partial charge in [0.2, 0.25) is 11.8 Å². The summed E-state index contributed by atoms with van der Waals surface area (Å²) in [7, 11) is 1.62. The highest BCUT2D eigenvalue weighted by Gasteiger charge is 2.37. The maximum Gasteiger partial charge on any atom is 0.306 e. The van der Waals surface area contributed by atoms with E-state index in [-0.39, 0.29) is 37.1 Å². The molecule has 0 aromatic heterocycles. The quantitative estimate of drug-likeness (QED) is 0.247. The van der Waals surface area contributed by atoms with Gasteiger partial charge in [0.1, 0.15) is 24.0 Å². The maximum absolute atomic E-state index is 13.3. The number of primary amides is 1. The lowest BCUT2D eigenvalue weighted by Gasteiger charge is -2.26. The fourth-order valence-electron chi connectivity index (χ4n) is 5.58. The molecule has 2 aliphatic heterocycles. The fourth-order valence-corrected chi connectivity index (χ4v) is 5.58. The van der Waals surface area contributed by atoms with Gasteiger partial charge in [-0.2, -0.15) is 0 Å². The second kappa shape index (κ2) is 14.7. The van der Waals surface area contributed by atoms with Gasteiger partial charge in [-0.1, -0.05) is 30.3 Å². The molecule has 0 bridgehead atoms. The van der Waals surface area contributed by atoms with Crippen LogP contribution in [0.3, 0.4) is 0 Å². The monoisotopic (exact) mass is 608 g/mol. The molecule has 2 heterocycles. The summed E-state index contributed by atoms with van der Waals surface area (Å²) in [4.78, 5) is 53.9. The molecule has 2 aromatic rings. The van der Waals surface area contributed by atoms with Gasteiger partial charge in [0.25, 0.3) is 5.91 Å². The number of nitrogens with one attached hydrogen (secondary N) is 1. The van der Waals surface area contributed by atoms with Crippen LogP contribution >= 0.6 is 0 Å². The number of amides is 3. The largest absolute Gasteiger partial charge is 0.489 e. The van der Waals surface area contributed by atoms with E-state index in [1.807, 2.05) is 12.1 Å². The molecular formula is C33H44N4O7. The number of rotatable bonds is 14. The van der Waals surface area contributed by atoms with E-state index in [0.29, 0.717) is 36.6 Å². The van der Waals surface area contributed by atoms with Crippen molar-refractivity contribution in [3.63, 3.8) is 0 Å². The molecule has 3 N–H and O–H groups in total. The van der Waals surface area contributed by atoms with Crippen LogP contribution in [-0.4, -0.2) is 78.5 Å². The summed E-state index contributed by atoms with van der Waals surface area (Å²) < 4.78 is 16.5. The van der Waals surface area contributed by atoms with E-state index in [1.54, 1.807) is 46.1 Å². The first-order valence-corrected chi connectivity index (χ1v) is 15.1. The number of benzene rings is 2. The highest BCUT2D eigenvalue weighted by molar-refractivity contribution is 6.01. The predicted octanol–water partition coefficient (Wildman–Crippen LogP) is 2.78. The third kappa shape index (κ3) is 8.79. The van der Waals surface area contributed by atoms with Crippen LogP contribution in [0.15, 0.2) is 42.5 Å². The van der Waals surface area contributed by atoms with Crippen molar-refractivity contribution in [2.24, 2.45) is 11.7 Å². The zero-order valence-electron chi connectivity index (χ0n) is 26.1. The topological polar surface area (TPSA) is 140 Å². The van der Waals surface area contributed by atoms with Gasteiger partial charge < -0.3 is 30.2 Å². The van der Waals surface area contributed by atoms with E-state index >= 15 is 0 Å². The molecule has 44 heavy (non-hydrogen) atoms. The Morgan fingerprint density at radius 1 is 1.09 bits per heavy atom. The van der Waals surface area contributed by atoms with Crippen molar-refractivity contribution in [1.29, 1.82) is 0 Å². The van der Waals surface area contributed by atoms with E-state index in [2.05, 4.69) is 22.3 Å². The van der Waals surface area contributed by atoms with Gasteiger partial charge >= 0.3 is 5.97 Å². The molecule has 0 saturated carbocycles. The number of hydrogen-bond donors (Lipinski definition) is 2. The molecule has 4 rings (SSSR count). The summed E-state index contributed by atoms with van der Waals surface area (Å²) >= 11 is 0. The molecule has 0 aliphatic carbocycles. The molecule has 2 atom stereocenters. The number of esters is 1. The van der Waals surface area contributed by atoms with Gasteiger partial charge in [-0.05, 0) is 63.4 Å². The minimum absolute atomic E-state index is 0.00170. The van der Waals surface area contributed by atoms with Crippen molar-refractivity contribution >= 4 is 23.7 Å². The third-order valence-corrected chi connectivity index (χ3v) is 7.77. The van der Waals surface area contributed by atoms with Crippen LogP contribution in [-0.2, 0) is 43.6 Å². The van der Waals surface area contributed by atoms with Crippen LogP contribution in [0.2, 0.25) is 0 Å². The van der Waals surface area contributed by atoms with E-state index in [4.69, 9.17) is 19.9 Å². The number of likely N-dealkylation sites (tertiary alicyclic amines) is 1. The average molecular weight is 609 g/mol. The van der Waals surface area contributed by atoms with E-state index < -0.39 is 23.5 Å². The number of nitrogens with two attached hydrogens (primary N) is 1. The molecular weight excluding hydrogens is 564 g/mol. The number of nitrogens with zero attached hydrogens (tertiary/aromatic N) is 2. The Morgan fingerprint density at radius 2 is 1.82 bits per heavy atom. The lowest BCUT2D eigenvalue weighted by molar-refractivity contribution is -0.155. The molecule has 1 saturated heterocycles. The lowest BCUT2D eigenvalue weighted by atomic mass is 10.1. The van der Waals surface area contributed by atoms with Crippen molar-refractivity contribution < 1.29 is 33.4 Å². The van der Waals surface area contributed by atoms with Crippen molar-refractivity contribution in [1.82, 2.24) is 15.1 Å². The van der Waals surface area contributed by atoms with Crippen molar-refractivity contribution in [2.45, 2.75) is 71.4 Å². The number of hydrogen-bond acceptors (Lipinski definition) is 8. The van der Waals surface area contributed by atoms with Crippen molar-refractivity contribution in [2.75, 3.05) is 33.4 Å². The predicted molar refractivity (Wildman–Crippen MR) is 163 cm³/mol. The summed E-state index contributed by atoms with van der Waals surface area (Å²) in [6.07, 6.45) is 0.884. The van der Waals surface area contributed by atoms with Gasteiger partial charge in [-0.3, -0.25) is 24.1 Å². The highest BCUT2D eigenvalue weighted by Crippen LogP contribution is 2.33. The molecule has 1 unspecified atom stereocenters. The normalized spacial score (nSPS) is 17.3. The van der Waals surface area contributed by atoms with Gasteiger partial charge in [0.05, 0.1) is 19.1 Å². The van der Waals surface area contributed by atoms with E-state index in [1.165, 1.54) is 4.90 Å². The second-order valence-electron chi connectivity index (χ2n) is 12.4. The molecule has 2 aromatic carbocycles. The van der Waals surface area contributed by atoms with Crippen LogP contribution in [0.1, 0.15) is 67.1 Å². The Labute approximate surface area is 259 Å². The van der Waals surface area contributed by atoms with Crippen LogP contribution in [0.4, 0.5) is 0 Å². The number of carbonyl (C=O) groups excluding carboxylic acids is 4. The maximum atomic E-state index is 13.3. The third-order valence-electron chi connectivity index (χ3n) is 7.77. The van der Waals surface area contributed by atoms with Gasteiger partial charge in [0, 0.05) is 44.3 Å². The number of fused-ring (bicyclic) bond motifs is 1. The summed E-state index contributed by atoms with van der Waals surface area (Å²) in [5.74, 6) is -0.803. The average Bonchev–Trinajstić information content (AvgIpc) is 3.57. The van der Waals surface area contributed by atoms with Crippen LogP contribution in [0.25, 0.3) is 0 Å². The second-order valence-corrected chi connectivity index (χ2v) is 12.4. The van der Waals surface area contributed by atoms with Crippen molar-refractivity contribution in [3.05, 3.63) is 64.7 Å². The fraction of sp³-hybridized carbons (Fsp3) is 0.515. The van der Waals surface area contributed by atoms with Gasteiger partial charge in [-0.15, -0.1) is 0 Å². The molecule has 0 spiro atoms. The number of methoxy groups -OCH3 is 1. The zero-order valence-corrected chi connectivity index (χ0v) is 26.1. The Kier molecular flexibility index (Phi) is 11.0.